The van der Waals surface area contributed by atoms with Crippen molar-refractivity contribution in [1.82, 2.24) is 21.3 Å². The first-order chi connectivity index (χ1) is 16.0. The zero-order valence-corrected chi connectivity index (χ0v) is 18.7. The van der Waals surface area contributed by atoms with Crippen molar-refractivity contribution >= 4 is 12.4 Å². The lowest BCUT2D eigenvalue weighted by Gasteiger charge is -2.23. The molecule has 0 saturated carbocycles. The van der Waals surface area contributed by atoms with Gasteiger partial charge in [-0.2, -0.15) is 0 Å². The Labute approximate surface area is 191 Å². The van der Waals surface area contributed by atoms with Crippen LogP contribution in [0, 0.1) is 23.0 Å². The molecule has 1 aromatic carbocycles. The number of nitrogens with one attached hydrogen (secondary N) is 5. The maximum Gasteiger partial charge on any atom is 0.194 e. The molecule has 0 aliphatic carbocycles. The molecule has 180 valence electrons. The molecule has 33 heavy (non-hydrogen) atoms. The fourth-order valence-corrected chi connectivity index (χ4v) is 3.47. The Morgan fingerprint density at radius 3 is 2.48 bits per heavy atom. The van der Waals surface area contributed by atoms with Gasteiger partial charge in [0.05, 0.1) is 31.7 Å². The molecular weight excluding hydrogens is 434 g/mol. The molecule has 1 saturated heterocycles. The highest BCUT2D eigenvalue weighted by molar-refractivity contribution is 5.77. The summed E-state index contributed by atoms with van der Waals surface area (Å²) in [5, 5.41) is 20.2. The van der Waals surface area contributed by atoms with E-state index < -0.39 is 17.9 Å². The maximum atomic E-state index is 14.5. The molecule has 1 unspecified atom stereocenters. The Morgan fingerprint density at radius 2 is 1.91 bits per heavy atom. The molecule has 9 nitrogen and oxygen atoms in total. The van der Waals surface area contributed by atoms with Crippen LogP contribution in [0.2, 0.25) is 0 Å². The monoisotopic (exact) mass is 464 g/mol. The Balaban J connectivity index is 1.51. The predicted octanol–water partition coefficient (Wildman–Crippen LogP) is 1.97. The summed E-state index contributed by atoms with van der Waals surface area (Å²) in [5.74, 6) is -1.08. The summed E-state index contributed by atoms with van der Waals surface area (Å²) in [6.45, 7) is 2.54. The van der Waals surface area contributed by atoms with Gasteiger partial charge >= 0.3 is 0 Å². The van der Waals surface area contributed by atoms with E-state index in [9.17, 15) is 8.78 Å². The molecule has 0 aromatic heterocycles. The highest BCUT2D eigenvalue weighted by atomic mass is 19.1. The van der Waals surface area contributed by atoms with Gasteiger partial charge in [-0.15, -0.1) is 0 Å². The number of allylic oxidation sites excluding steroid dienone is 2. The fourth-order valence-electron chi connectivity index (χ4n) is 3.47. The smallest absolute Gasteiger partial charge is 0.194 e. The summed E-state index contributed by atoms with van der Waals surface area (Å²) < 4.78 is 44.3. The van der Waals surface area contributed by atoms with E-state index in [4.69, 9.17) is 19.6 Å². The second-order valence-corrected chi connectivity index (χ2v) is 7.56. The van der Waals surface area contributed by atoms with Crippen LogP contribution < -0.4 is 30.7 Å². The number of benzene rings is 1. The van der Waals surface area contributed by atoms with Crippen molar-refractivity contribution in [1.29, 1.82) is 5.41 Å². The van der Waals surface area contributed by atoms with Crippen molar-refractivity contribution in [2.24, 2.45) is 10.9 Å². The van der Waals surface area contributed by atoms with E-state index in [0.29, 0.717) is 11.6 Å². The average molecular weight is 465 g/mol. The van der Waals surface area contributed by atoms with Crippen molar-refractivity contribution in [3.05, 3.63) is 47.1 Å². The molecule has 3 rings (SSSR count). The largest absolute Gasteiger partial charge is 0.494 e. The molecule has 2 aliphatic rings. The minimum absolute atomic E-state index is 0.139. The van der Waals surface area contributed by atoms with Crippen LogP contribution >= 0.6 is 0 Å². The highest BCUT2D eigenvalue weighted by Crippen LogP contribution is 2.32. The molecule has 0 spiro atoms. The van der Waals surface area contributed by atoms with Gasteiger partial charge in [-0.05, 0) is 31.8 Å². The van der Waals surface area contributed by atoms with Crippen molar-refractivity contribution in [2.45, 2.75) is 25.7 Å². The molecule has 2 aliphatic heterocycles. The van der Waals surface area contributed by atoms with Gasteiger partial charge in [-0.25, -0.2) is 13.8 Å². The third kappa shape index (κ3) is 6.58. The number of rotatable bonds is 11. The lowest BCUT2D eigenvalue weighted by molar-refractivity contribution is 0.203. The number of halogens is 2. The first kappa shape index (κ1) is 24.3. The van der Waals surface area contributed by atoms with Crippen LogP contribution in [0.15, 0.2) is 34.9 Å². The number of aliphatic imine (C=N–C) groups is 1. The molecule has 2 heterocycles. The minimum atomic E-state index is -0.852. The Morgan fingerprint density at radius 1 is 1.21 bits per heavy atom. The van der Waals surface area contributed by atoms with E-state index in [2.05, 4.69) is 26.3 Å². The van der Waals surface area contributed by atoms with Gasteiger partial charge in [0, 0.05) is 31.2 Å². The van der Waals surface area contributed by atoms with Crippen LogP contribution in [0.4, 0.5) is 8.78 Å². The first-order valence-corrected chi connectivity index (χ1v) is 10.7. The van der Waals surface area contributed by atoms with Crippen LogP contribution in [0.5, 0.6) is 11.5 Å². The van der Waals surface area contributed by atoms with Gasteiger partial charge < -0.3 is 40.9 Å². The summed E-state index contributed by atoms with van der Waals surface area (Å²) in [6.07, 6.45) is 7.66. The summed E-state index contributed by atoms with van der Waals surface area (Å²) in [4.78, 5) is 4.26. The van der Waals surface area contributed by atoms with Crippen molar-refractivity contribution < 1.29 is 23.0 Å². The summed E-state index contributed by atoms with van der Waals surface area (Å²) >= 11 is 0. The normalized spacial score (nSPS) is 18.7. The molecule has 1 fully saturated rings. The number of ether oxygens (including phenoxy) is 3. The summed E-state index contributed by atoms with van der Waals surface area (Å²) in [5.41, 5.74) is 0.249. The Kier molecular flexibility index (Phi) is 8.87. The third-order valence-electron chi connectivity index (χ3n) is 5.36. The van der Waals surface area contributed by atoms with Gasteiger partial charge in [-0.3, -0.25) is 0 Å². The number of methoxy groups -OCH3 is 2. The van der Waals surface area contributed by atoms with Crippen molar-refractivity contribution in [3.8, 4) is 11.5 Å². The lowest BCUT2D eigenvalue weighted by atomic mass is 9.98. The topological polar surface area (TPSA) is 112 Å². The van der Waals surface area contributed by atoms with E-state index in [1.807, 2.05) is 0 Å². The minimum Gasteiger partial charge on any atom is -0.494 e. The fraction of sp³-hybridized carbons (Fsp3) is 0.455. The van der Waals surface area contributed by atoms with E-state index in [0.717, 1.165) is 38.5 Å². The molecule has 1 aromatic rings. The molecule has 0 bridgehead atoms. The maximum absolute atomic E-state index is 14.5. The number of piperidine rings is 1. The molecule has 0 radical (unpaired) electrons. The number of hydrogen-bond acceptors (Lipinski definition) is 9. The second-order valence-electron chi connectivity index (χ2n) is 7.56. The summed E-state index contributed by atoms with van der Waals surface area (Å²) in [6, 6.07) is 1.14. The highest BCUT2D eigenvalue weighted by Gasteiger charge is 2.21. The lowest BCUT2D eigenvalue weighted by Crippen LogP contribution is -2.40. The van der Waals surface area contributed by atoms with Crippen LogP contribution in [-0.4, -0.2) is 52.6 Å². The second kappa shape index (κ2) is 12.0. The number of hydrogen-bond donors (Lipinski definition) is 5. The van der Waals surface area contributed by atoms with Gasteiger partial charge in [0.1, 0.15) is 6.61 Å². The number of nitrogens with zero attached hydrogens (tertiary/aromatic N) is 1. The van der Waals surface area contributed by atoms with Gasteiger partial charge in [0.2, 0.25) is 0 Å². The van der Waals surface area contributed by atoms with Crippen LogP contribution in [0.1, 0.15) is 18.4 Å². The van der Waals surface area contributed by atoms with Gasteiger partial charge in [0.25, 0.3) is 0 Å². The van der Waals surface area contributed by atoms with E-state index in [-0.39, 0.29) is 29.4 Å². The Hall–Kier alpha value is -3.34. The van der Waals surface area contributed by atoms with Crippen molar-refractivity contribution in [2.75, 3.05) is 33.9 Å². The zero-order valence-electron chi connectivity index (χ0n) is 18.7. The van der Waals surface area contributed by atoms with Crippen LogP contribution in [0.25, 0.3) is 0 Å². The van der Waals surface area contributed by atoms with Crippen LogP contribution in [0.3, 0.4) is 0 Å². The molecular formula is C22H30F2N6O3. The third-order valence-corrected chi connectivity index (χ3v) is 5.36. The molecule has 1 atom stereocenters. The van der Waals surface area contributed by atoms with Crippen molar-refractivity contribution in [3.63, 3.8) is 0 Å². The van der Waals surface area contributed by atoms with Gasteiger partial charge in [0.15, 0.2) is 35.2 Å². The molecule has 5 N–H and O–H groups in total. The van der Waals surface area contributed by atoms with E-state index in [1.54, 1.807) is 6.20 Å². The standard InChI is InChI=1S/C22H30F2N6O3/c1-31-18-7-19(32-2)21(24)17(20(18)23)13-33-16-11-28-22(29-12-16)30-15(8-25)10-27-9-14-3-5-26-6-4-14/h7-8,10-12,14,22,25-28,30H,3-6,9,13H2,1-2H3/b15-10+,25-8?. The van der Waals surface area contributed by atoms with Crippen LogP contribution in [-0.2, 0) is 11.3 Å². The van der Waals surface area contributed by atoms with E-state index in [1.165, 1.54) is 32.8 Å². The quantitative estimate of drug-likeness (QED) is 0.318. The van der Waals surface area contributed by atoms with Gasteiger partial charge in [-0.1, -0.05) is 0 Å². The SMILES string of the molecule is COc1cc(OC)c(F)c(COC2=CNC(N/C(C=N)=C/NCC3CCNCC3)N=C2)c1F. The summed E-state index contributed by atoms with van der Waals surface area (Å²) in [7, 11) is 2.57. The molecule has 11 heteroatoms. The molecule has 0 amide bonds. The zero-order chi connectivity index (χ0) is 23.6. The predicted molar refractivity (Wildman–Crippen MR) is 121 cm³/mol. The first-order valence-electron chi connectivity index (χ1n) is 10.7. The average Bonchev–Trinajstić information content (AvgIpc) is 2.85. The Bertz CT molecular complexity index is 888. The van der Waals surface area contributed by atoms with E-state index >= 15 is 0 Å².